The van der Waals surface area contributed by atoms with E-state index in [-0.39, 0.29) is 5.91 Å². The molecule has 1 atom stereocenters. The summed E-state index contributed by atoms with van der Waals surface area (Å²) in [4.78, 5) is 19.4. The van der Waals surface area contributed by atoms with Gasteiger partial charge in [-0.05, 0) is 19.3 Å². The lowest BCUT2D eigenvalue weighted by atomic mass is 10.0. The Kier molecular flexibility index (Phi) is 27.5. The van der Waals surface area contributed by atoms with Crippen LogP contribution in [0.2, 0.25) is 0 Å². The van der Waals surface area contributed by atoms with Gasteiger partial charge in [-0.15, -0.1) is 0 Å². The zero-order valence-electron chi connectivity index (χ0n) is 27.4. The number of carbonyl (C=O) groups excluding carboxylic acids is 1. The van der Waals surface area contributed by atoms with Crippen molar-refractivity contribution in [3.8, 4) is 0 Å². The minimum Gasteiger partial charge on any atom is -0.355 e. The van der Waals surface area contributed by atoms with E-state index in [2.05, 4.69) is 30.3 Å². The van der Waals surface area contributed by atoms with E-state index in [1.807, 2.05) is 0 Å². The first-order chi connectivity index (χ1) is 19.8. The van der Waals surface area contributed by atoms with Gasteiger partial charge in [0, 0.05) is 32.3 Å². The van der Waals surface area contributed by atoms with Gasteiger partial charge in [0.15, 0.2) is 0 Å². The number of carbonyl (C=O) groups is 1. The summed E-state index contributed by atoms with van der Waals surface area (Å²) in [5.41, 5.74) is 0. The third kappa shape index (κ3) is 23.8. The molecule has 0 radical (unpaired) electrons. The second-order valence-corrected chi connectivity index (χ2v) is 12.7. The summed E-state index contributed by atoms with van der Waals surface area (Å²) in [6.07, 6.45) is 40.0. The Morgan fingerprint density at radius 2 is 1.02 bits per heavy atom. The van der Waals surface area contributed by atoms with E-state index < -0.39 is 0 Å². The van der Waals surface area contributed by atoms with Crippen molar-refractivity contribution in [2.24, 2.45) is 4.99 Å². The topological polar surface area (TPSA) is 44.7 Å². The van der Waals surface area contributed by atoms with Gasteiger partial charge in [0.05, 0.1) is 0 Å². The Morgan fingerprint density at radius 1 is 0.625 bits per heavy atom. The zero-order valence-corrected chi connectivity index (χ0v) is 27.4. The molecular formula is C36H71N3O. The molecule has 1 unspecified atom stereocenters. The zero-order chi connectivity index (χ0) is 28.8. The molecule has 1 amide bonds. The molecule has 40 heavy (non-hydrogen) atoms. The molecule has 0 saturated carbocycles. The summed E-state index contributed by atoms with van der Waals surface area (Å²) < 4.78 is 0. The Bertz CT molecular complexity index is 564. The molecule has 0 saturated heterocycles. The van der Waals surface area contributed by atoms with Crippen LogP contribution >= 0.6 is 0 Å². The number of hydrogen-bond donors (Lipinski definition) is 1. The third-order valence-corrected chi connectivity index (χ3v) is 8.81. The fourth-order valence-electron chi connectivity index (χ4n) is 6.06. The molecule has 1 aliphatic heterocycles. The minimum absolute atomic E-state index is 0.233. The average molecular weight is 562 g/mol. The van der Waals surface area contributed by atoms with E-state index in [0.29, 0.717) is 12.6 Å². The molecule has 4 heteroatoms. The normalized spacial score (nSPS) is 15.3. The van der Waals surface area contributed by atoms with E-state index in [4.69, 9.17) is 4.99 Å². The van der Waals surface area contributed by atoms with Crippen LogP contribution in [0.1, 0.15) is 194 Å². The van der Waals surface area contributed by atoms with Crippen LogP contribution in [0.4, 0.5) is 0 Å². The highest BCUT2D eigenvalue weighted by molar-refractivity contribution is 5.75. The maximum atomic E-state index is 12.2. The van der Waals surface area contributed by atoms with Crippen molar-refractivity contribution < 1.29 is 4.79 Å². The van der Waals surface area contributed by atoms with Crippen LogP contribution < -0.4 is 5.32 Å². The van der Waals surface area contributed by atoms with Crippen molar-refractivity contribution in [2.75, 3.05) is 19.6 Å². The minimum atomic E-state index is 0.233. The van der Waals surface area contributed by atoms with Gasteiger partial charge >= 0.3 is 0 Å². The largest absolute Gasteiger partial charge is 0.355 e. The van der Waals surface area contributed by atoms with Gasteiger partial charge in [-0.3, -0.25) is 14.7 Å². The Hall–Kier alpha value is -0.900. The number of rotatable bonds is 31. The van der Waals surface area contributed by atoms with Crippen LogP contribution in [0.3, 0.4) is 0 Å². The molecule has 0 aromatic rings. The summed E-state index contributed by atoms with van der Waals surface area (Å²) in [6, 6.07) is 0. The Morgan fingerprint density at radius 3 is 1.48 bits per heavy atom. The van der Waals surface area contributed by atoms with E-state index >= 15 is 0 Å². The fourth-order valence-corrected chi connectivity index (χ4v) is 6.06. The molecule has 0 bridgehead atoms. The Balaban J connectivity index is 1.86. The van der Waals surface area contributed by atoms with Crippen molar-refractivity contribution in [1.29, 1.82) is 0 Å². The van der Waals surface area contributed by atoms with Crippen LogP contribution in [-0.2, 0) is 4.79 Å². The summed E-state index contributed by atoms with van der Waals surface area (Å²) in [5, 5.41) is 3.15. The Labute approximate surface area is 251 Å². The number of unbranched alkanes of at least 4 members (excludes halogenated alkanes) is 24. The van der Waals surface area contributed by atoms with Crippen LogP contribution in [0.25, 0.3) is 0 Å². The lowest BCUT2D eigenvalue weighted by Crippen LogP contribution is -2.38. The highest BCUT2D eigenvalue weighted by atomic mass is 16.1. The summed E-state index contributed by atoms with van der Waals surface area (Å²) >= 11 is 0. The lowest BCUT2D eigenvalue weighted by Gasteiger charge is -2.23. The summed E-state index contributed by atoms with van der Waals surface area (Å²) in [5.74, 6) is 0.233. The van der Waals surface area contributed by atoms with Crippen LogP contribution in [0.5, 0.6) is 0 Å². The maximum absolute atomic E-state index is 12.2. The van der Waals surface area contributed by atoms with Crippen molar-refractivity contribution >= 4 is 12.1 Å². The van der Waals surface area contributed by atoms with Crippen molar-refractivity contribution in [3.63, 3.8) is 0 Å². The van der Waals surface area contributed by atoms with Gasteiger partial charge in [-0.1, -0.05) is 168 Å². The molecule has 1 heterocycles. The average Bonchev–Trinajstić information content (AvgIpc) is 3.41. The second-order valence-electron chi connectivity index (χ2n) is 12.7. The van der Waals surface area contributed by atoms with Gasteiger partial charge in [-0.2, -0.15) is 0 Å². The second kappa shape index (κ2) is 29.6. The van der Waals surface area contributed by atoms with Crippen LogP contribution in [0, 0.1) is 0 Å². The highest BCUT2D eigenvalue weighted by Gasteiger charge is 2.20. The standard InChI is InChI=1S/C36H71N3O/c1-3-5-7-9-11-13-15-17-19-21-23-25-27-29-35-37-31-33-39(35)34-32-38-36(40)30-28-26-24-22-20-18-16-14-12-10-8-6-4-2/h31,35H,3-30,32-34H2,1-2H3,(H,38,40). The van der Waals surface area contributed by atoms with Crippen LogP contribution in [0.15, 0.2) is 4.99 Å². The van der Waals surface area contributed by atoms with E-state index in [1.165, 1.54) is 167 Å². The van der Waals surface area contributed by atoms with Gasteiger partial charge in [-0.25, -0.2) is 0 Å². The quantitative estimate of drug-likeness (QED) is 0.0855. The number of amides is 1. The molecule has 1 N–H and O–H groups in total. The fraction of sp³-hybridized carbons (Fsp3) is 0.944. The number of nitrogens with one attached hydrogen (secondary N) is 1. The predicted octanol–water partition coefficient (Wildman–Crippen LogP) is 10.8. The molecule has 1 aliphatic rings. The molecule has 0 spiro atoms. The lowest BCUT2D eigenvalue weighted by molar-refractivity contribution is -0.121. The number of aliphatic imine (C=N–C) groups is 1. The van der Waals surface area contributed by atoms with E-state index in [1.54, 1.807) is 0 Å². The number of nitrogens with zero attached hydrogens (tertiary/aromatic N) is 2. The molecule has 0 aromatic carbocycles. The monoisotopic (exact) mass is 562 g/mol. The molecule has 0 fully saturated rings. The third-order valence-electron chi connectivity index (χ3n) is 8.81. The van der Waals surface area contributed by atoms with Gasteiger partial charge in [0.2, 0.25) is 5.91 Å². The van der Waals surface area contributed by atoms with Crippen molar-refractivity contribution in [1.82, 2.24) is 10.2 Å². The molecule has 0 aliphatic carbocycles. The van der Waals surface area contributed by atoms with Crippen LogP contribution in [-0.4, -0.2) is 42.8 Å². The SMILES string of the molecule is CCCCCCCCCCCCCCCC(=O)NCCN1CC=NC1CCCCCCCCCCCCCCC. The first-order valence-corrected chi connectivity index (χ1v) is 18.3. The summed E-state index contributed by atoms with van der Waals surface area (Å²) in [6.45, 7) is 7.20. The summed E-state index contributed by atoms with van der Waals surface area (Å²) in [7, 11) is 0. The highest BCUT2D eigenvalue weighted by Crippen LogP contribution is 2.17. The van der Waals surface area contributed by atoms with E-state index in [9.17, 15) is 4.79 Å². The van der Waals surface area contributed by atoms with Gasteiger partial charge in [0.25, 0.3) is 0 Å². The molecular weight excluding hydrogens is 490 g/mol. The molecule has 0 aromatic heterocycles. The molecule has 236 valence electrons. The van der Waals surface area contributed by atoms with Crippen molar-refractivity contribution in [3.05, 3.63) is 0 Å². The number of hydrogen-bond acceptors (Lipinski definition) is 3. The van der Waals surface area contributed by atoms with Gasteiger partial charge in [0.1, 0.15) is 6.17 Å². The predicted molar refractivity (Wildman–Crippen MR) is 177 cm³/mol. The van der Waals surface area contributed by atoms with E-state index in [0.717, 1.165) is 26.1 Å². The maximum Gasteiger partial charge on any atom is 0.220 e. The smallest absolute Gasteiger partial charge is 0.220 e. The van der Waals surface area contributed by atoms with Crippen molar-refractivity contribution in [2.45, 2.75) is 200 Å². The molecule has 1 rings (SSSR count). The molecule has 4 nitrogen and oxygen atoms in total. The first-order valence-electron chi connectivity index (χ1n) is 18.3. The first kappa shape index (κ1) is 37.1. The van der Waals surface area contributed by atoms with Gasteiger partial charge < -0.3 is 5.32 Å².